The molecule has 0 N–H and O–H groups in total. The molecule has 2 aliphatic rings. The van der Waals surface area contributed by atoms with Gasteiger partial charge in [0, 0.05) is 5.92 Å². The molecule has 2 rings (SSSR count). The number of ether oxygens (including phenoxy) is 1. The fourth-order valence-electron chi connectivity index (χ4n) is 1.91. The van der Waals surface area contributed by atoms with E-state index in [1.165, 1.54) is 17.6 Å². The van der Waals surface area contributed by atoms with Crippen LogP contribution in [0.5, 0.6) is 0 Å². The summed E-state index contributed by atoms with van der Waals surface area (Å²) in [7, 11) is 0. The normalized spacial score (nSPS) is 30.4. The molecule has 1 nitrogen and oxygen atoms in total. The molecule has 0 radical (unpaired) electrons. The summed E-state index contributed by atoms with van der Waals surface area (Å²) >= 11 is 0. The van der Waals surface area contributed by atoms with E-state index in [-0.39, 0.29) is 0 Å². The van der Waals surface area contributed by atoms with Crippen LogP contribution in [0, 0.1) is 5.92 Å². The summed E-state index contributed by atoms with van der Waals surface area (Å²) in [4.78, 5) is 0. The smallest absolute Gasteiger partial charge is 0.0719 e. The fourth-order valence-corrected chi connectivity index (χ4v) is 1.91. The van der Waals surface area contributed by atoms with Crippen LogP contribution in [0.4, 0.5) is 0 Å². The zero-order chi connectivity index (χ0) is 7.84. The lowest BCUT2D eigenvalue weighted by Crippen LogP contribution is -2.17. The van der Waals surface area contributed by atoms with Crippen molar-refractivity contribution in [3.63, 3.8) is 0 Å². The van der Waals surface area contributed by atoms with Crippen LogP contribution < -0.4 is 0 Å². The number of allylic oxidation sites excluding steroid dienone is 1. The van der Waals surface area contributed by atoms with Crippen LogP contribution in [0.25, 0.3) is 0 Å². The molecule has 0 amide bonds. The Kier molecular flexibility index (Phi) is 1.61. The average Bonchev–Trinajstić information content (AvgIpc) is 2.35. The van der Waals surface area contributed by atoms with Crippen LogP contribution in [0.3, 0.4) is 0 Å². The van der Waals surface area contributed by atoms with Gasteiger partial charge in [0.15, 0.2) is 0 Å². The minimum absolute atomic E-state index is 0.646. The van der Waals surface area contributed by atoms with E-state index in [1.54, 1.807) is 5.57 Å². The summed E-state index contributed by atoms with van der Waals surface area (Å²) in [6, 6.07) is 0. The van der Waals surface area contributed by atoms with Crippen molar-refractivity contribution in [3.8, 4) is 0 Å². The first-order valence-corrected chi connectivity index (χ1v) is 4.26. The lowest BCUT2D eigenvalue weighted by Gasteiger charge is -2.22. The monoisotopic (exact) mass is 150 g/mol. The van der Waals surface area contributed by atoms with Gasteiger partial charge in [-0.1, -0.05) is 18.6 Å². The molecule has 0 aromatic rings. The predicted octanol–water partition coefficient (Wildman–Crippen LogP) is 2.30. The third-order valence-electron chi connectivity index (χ3n) is 2.70. The molecule has 60 valence electrons. The second-order valence-electron chi connectivity index (χ2n) is 3.51. The van der Waals surface area contributed by atoms with E-state index >= 15 is 0 Å². The van der Waals surface area contributed by atoms with Crippen molar-refractivity contribution in [2.45, 2.75) is 20.3 Å². The number of rotatable bonds is 0. The summed E-state index contributed by atoms with van der Waals surface area (Å²) in [5.74, 6) is 0.646. The van der Waals surface area contributed by atoms with Gasteiger partial charge in [0.2, 0.25) is 0 Å². The van der Waals surface area contributed by atoms with Gasteiger partial charge in [-0.25, -0.2) is 0 Å². The molecule has 0 saturated heterocycles. The van der Waals surface area contributed by atoms with E-state index in [9.17, 15) is 0 Å². The Balaban J connectivity index is 2.32. The van der Waals surface area contributed by atoms with E-state index in [0.717, 1.165) is 13.2 Å². The predicted molar refractivity (Wildman–Crippen MR) is 45.4 cm³/mol. The molecule has 0 aromatic heterocycles. The quantitative estimate of drug-likeness (QED) is 0.515. The van der Waals surface area contributed by atoms with Gasteiger partial charge in [0.25, 0.3) is 0 Å². The van der Waals surface area contributed by atoms with E-state index in [4.69, 9.17) is 4.74 Å². The first kappa shape index (κ1) is 7.11. The van der Waals surface area contributed by atoms with E-state index < -0.39 is 0 Å². The SMILES string of the molecule is CC1=CCC2=C1COCC2C. The second-order valence-corrected chi connectivity index (χ2v) is 3.51. The summed E-state index contributed by atoms with van der Waals surface area (Å²) in [5.41, 5.74) is 4.53. The van der Waals surface area contributed by atoms with E-state index in [1.807, 2.05) is 0 Å². The van der Waals surface area contributed by atoms with Gasteiger partial charge in [-0.2, -0.15) is 0 Å². The van der Waals surface area contributed by atoms with Gasteiger partial charge in [-0.15, -0.1) is 0 Å². The molecule has 1 aliphatic carbocycles. The Morgan fingerprint density at radius 2 is 2.36 bits per heavy atom. The Morgan fingerprint density at radius 3 is 3.09 bits per heavy atom. The largest absolute Gasteiger partial charge is 0.376 e. The highest BCUT2D eigenvalue weighted by atomic mass is 16.5. The Hall–Kier alpha value is -0.560. The summed E-state index contributed by atoms with van der Waals surface area (Å²) in [6.45, 7) is 6.20. The highest BCUT2D eigenvalue weighted by Crippen LogP contribution is 2.34. The molecule has 1 atom stereocenters. The average molecular weight is 150 g/mol. The molecule has 1 aliphatic heterocycles. The second kappa shape index (κ2) is 2.49. The molecule has 0 spiro atoms. The van der Waals surface area contributed by atoms with Crippen molar-refractivity contribution in [1.82, 2.24) is 0 Å². The molecule has 0 saturated carbocycles. The van der Waals surface area contributed by atoms with Crippen molar-refractivity contribution >= 4 is 0 Å². The fraction of sp³-hybridized carbons (Fsp3) is 0.600. The lowest BCUT2D eigenvalue weighted by molar-refractivity contribution is 0.120. The van der Waals surface area contributed by atoms with Crippen LogP contribution in [0.1, 0.15) is 20.3 Å². The minimum atomic E-state index is 0.646. The number of hydrogen-bond donors (Lipinski definition) is 0. The van der Waals surface area contributed by atoms with Crippen LogP contribution >= 0.6 is 0 Å². The molecule has 1 unspecified atom stereocenters. The minimum Gasteiger partial charge on any atom is -0.376 e. The van der Waals surface area contributed by atoms with E-state index in [2.05, 4.69) is 19.9 Å². The van der Waals surface area contributed by atoms with Crippen molar-refractivity contribution < 1.29 is 4.74 Å². The maximum atomic E-state index is 5.47. The first-order valence-electron chi connectivity index (χ1n) is 4.26. The van der Waals surface area contributed by atoms with Gasteiger partial charge in [0.05, 0.1) is 13.2 Å². The highest BCUT2D eigenvalue weighted by molar-refractivity contribution is 5.43. The third kappa shape index (κ3) is 1.04. The Morgan fingerprint density at radius 1 is 1.55 bits per heavy atom. The standard InChI is InChI=1S/C10H14O/c1-7-3-4-9-8(2)5-11-6-10(7)9/h3,8H,4-6H2,1-2H3. The van der Waals surface area contributed by atoms with Gasteiger partial charge < -0.3 is 4.74 Å². The first-order chi connectivity index (χ1) is 5.29. The van der Waals surface area contributed by atoms with Gasteiger partial charge in [-0.3, -0.25) is 0 Å². The molecule has 1 heterocycles. The highest BCUT2D eigenvalue weighted by Gasteiger charge is 2.23. The molecule has 0 bridgehead atoms. The lowest BCUT2D eigenvalue weighted by atomic mass is 9.94. The Labute approximate surface area is 67.7 Å². The molecule has 0 aromatic carbocycles. The third-order valence-corrected chi connectivity index (χ3v) is 2.70. The van der Waals surface area contributed by atoms with E-state index in [0.29, 0.717) is 5.92 Å². The topological polar surface area (TPSA) is 9.23 Å². The van der Waals surface area contributed by atoms with Gasteiger partial charge >= 0.3 is 0 Å². The van der Waals surface area contributed by atoms with Crippen LogP contribution in [-0.2, 0) is 4.74 Å². The zero-order valence-corrected chi connectivity index (χ0v) is 7.18. The van der Waals surface area contributed by atoms with Crippen LogP contribution in [0.2, 0.25) is 0 Å². The maximum Gasteiger partial charge on any atom is 0.0719 e. The van der Waals surface area contributed by atoms with Gasteiger partial charge in [-0.05, 0) is 24.5 Å². The molecule has 11 heavy (non-hydrogen) atoms. The summed E-state index contributed by atoms with van der Waals surface area (Å²) in [5, 5.41) is 0. The molecule has 0 fully saturated rings. The molecular formula is C10H14O. The van der Waals surface area contributed by atoms with Crippen molar-refractivity contribution in [3.05, 3.63) is 22.8 Å². The summed E-state index contributed by atoms with van der Waals surface area (Å²) < 4.78 is 5.47. The van der Waals surface area contributed by atoms with Crippen LogP contribution in [-0.4, -0.2) is 13.2 Å². The Bertz CT molecular complexity index is 235. The number of hydrogen-bond acceptors (Lipinski definition) is 1. The summed E-state index contributed by atoms with van der Waals surface area (Å²) in [6.07, 6.45) is 3.49. The maximum absolute atomic E-state index is 5.47. The van der Waals surface area contributed by atoms with Crippen LogP contribution in [0.15, 0.2) is 22.8 Å². The van der Waals surface area contributed by atoms with Crippen molar-refractivity contribution in [1.29, 1.82) is 0 Å². The van der Waals surface area contributed by atoms with Gasteiger partial charge in [0.1, 0.15) is 0 Å². The van der Waals surface area contributed by atoms with Crippen molar-refractivity contribution in [2.75, 3.05) is 13.2 Å². The molecule has 1 heteroatoms. The zero-order valence-electron chi connectivity index (χ0n) is 7.18. The molecular weight excluding hydrogens is 136 g/mol. The van der Waals surface area contributed by atoms with Crippen molar-refractivity contribution in [2.24, 2.45) is 5.92 Å².